The van der Waals surface area contributed by atoms with Crippen molar-refractivity contribution in [3.05, 3.63) is 42.0 Å². The summed E-state index contributed by atoms with van der Waals surface area (Å²) in [4.78, 5) is 0.351. The van der Waals surface area contributed by atoms with E-state index in [2.05, 4.69) is 18.8 Å². The van der Waals surface area contributed by atoms with Crippen LogP contribution in [0.2, 0.25) is 0 Å². The first-order valence-corrected chi connectivity index (χ1v) is 7.94. The summed E-state index contributed by atoms with van der Waals surface area (Å²) >= 11 is 0. The van der Waals surface area contributed by atoms with E-state index < -0.39 is 9.84 Å². The lowest BCUT2D eigenvalue weighted by Gasteiger charge is -2.19. The minimum Gasteiger partial charge on any atom is -0.307 e. The molecule has 0 bridgehead atoms. The second kappa shape index (κ2) is 6.16. The average molecular weight is 267 g/mol. The molecule has 3 nitrogen and oxygen atoms in total. The Labute approximate surface area is 110 Å². The third-order valence-electron chi connectivity index (χ3n) is 2.71. The highest BCUT2D eigenvalue weighted by Crippen LogP contribution is 2.22. The third kappa shape index (κ3) is 3.96. The smallest absolute Gasteiger partial charge is 0.175 e. The van der Waals surface area contributed by atoms with Crippen LogP contribution in [0.15, 0.2) is 41.3 Å². The van der Waals surface area contributed by atoms with Crippen molar-refractivity contribution in [1.82, 2.24) is 5.32 Å². The SMILES string of the molecule is C=C(C)C(NCCC)c1cccc(S(C)(=O)=O)c1. The standard InChI is InChI=1S/C14H21NO2S/c1-5-9-15-14(11(2)3)12-7-6-8-13(10-12)18(4,16)17/h6-8,10,14-15H,2,5,9H2,1,3-4H3. The molecule has 1 atom stereocenters. The zero-order valence-electron chi connectivity index (χ0n) is 11.2. The molecule has 0 saturated carbocycles. The van der Waals surface area contributed by atoms with Crippen LogP contribution in [-0.4, -0.2) is 21.2 Å². The number of sulfone groups is 1. The molecule has 4 heteroatoms. The lowest BCUT2D eigenvalue weighted by molar-refractivity contribution is 0.587. The molecule has 1 unspecified atom stereocenters. The summed E-state index contributed by atoms with van der Waals surface area (Å²) in [5, 5.41) is 3.37. The largest absolute Gasteiger partial charge is 0.307 e. The molecule has 1 N–H and O–H groups in total. The van der Waals surface area contributed by atoms with Crippen molar-refractivity contribution in [2.24, 2.45) is 0 Å². The van der Waals surface area contributed by atoms with Gasteiger partial charge in [-0.2, -0.15) is 0 Å². The van der Waals surface area contributed by atoms with Gasteiger partial charge in [-0.15, -0.1) is 0 Å². The highest BCUT2D eigenvalue weighted by Gasteiger charge is 2.14. The second-order valence-electron chi connectivity index (χ2n) is 4.58. The first-order chi connectivity index (χ1) is 8.36. The summed E-state index contributed by atoms with van der Waals surface area (Å²) in [7, 11) is -3.16. The van der Waals surface area contributed by atoms with Gasteiger partial charge in [0, 0.05) is 6.26 Å². The van der Waals surface area contributed by atoms with Gasteiger partial charge in [0.2, 0.25) is 0 Å². The summed E-state index contributed by atoms with van der Waals surface area (Å²) in [6, 6.07) is 7.05. The van der Waals surface area contributed by atoms with Gasteiger partial charge in [-0.1, -0.05) is 31.2 Å². The maximum absolute atomic E-state index is 11.5. The van der Waals surface area contributed by atoms with E-state index in [1.54, 1.807) is 18.2 Å². The van der Waals surface area contributed by atoms with Crippen molar-refractivity contribution >= 4 is 9.84 Å². The van der Waals surface area contributed by atoms with E-state index in [0.717, 1.165) is 24.1 Å². The molecule has 0 aliphatic carbocycles. The minimum atomic E-state index is -3.16. The number of hydrogen-bond donors (Lipinski definition) is 1. The lowest BCUT2D eigenvalue weighted by Crippen LogP contribution is -2.23. The molecule has 0 fully saturated rings. The maximum atomic E-state index is 11.5. The van der Waals surface area contributed by atoms with E-state index in [1.165, 1.54) is 6.26 Å². The molecular formula is C14H21NO2S. The number of nitrogens with one attached hydrogen (secondary N) is 1. The van der Waals surface area contributed by atoms with Crippen molar-refractivity contribution in [1.29, 1.82) is 0 Å². The van der Waals surface area contributed by atoms with Gasteiger partial charge in [-0.05, 0) is 37.6 Å². The van der Waals surface area contributed by atoms with Gasteiger partial charge in [0.15, 0.2) is 9.84 Å². The number of benzene rings is 1. The van der Waals surface area contributed by atoms with E-state index in [4.69, 9.17) is 0 Å². The molecule has 0 aliphatic heterocycles. The molecule has 0 aliphatic rings. The summed E-state index contributed by atoms with van der Waals surface area (Å²) in [5.41, 5.74) is 1.92. The topological polar surface area (TPSA) is 46.2 Å². The van der Waals surface area contributed by atoms with Crippen LogP contribution in [-0.2, 0) is 9.84 Å². The normalized spacial score (nSPS) is 13.3. The van der Waals surface area contributed by atoms with Crippen molar-refractivity contribution in [3.8, 4) is 0 Å². The van der Waals surface area contributed by atoms with Crippen LogP contribution in [0, 0.1) is 0 Å². The quantitative estimate of drug-likeness (QED) is 0.806. The van der Waals surface area contributed by atoms with Crippen LogP contribution in [0.3, 0.4) is 0 Å². The fraction of sp³-hybridized carbons (Fsp3) is 0.429. The molecule has 1 aromatic carbocycles. The zero-order valence-corrected chi connectivity index (χ0v) is 12.0. The first-order valence-electron chi connectivity index (χ1n) is 6.05. The van der Waals surface area contributed by atoms with Gasteiger partial charge in [0.1, 0.15) is 0 Å². The Morgan fingerprint density at radius 3 is 2.61 bits per heavy atom. The van der Waals surface area contributed by atoms with Crippen LogP contribution < -0.4 is 5.32 Å². The Morgan fingerprint density at radius 1 is 1.44 bits per heavy atom. The molecule has 1 aromatic rings. The predicted molar refractivity (Wildman–Crippen MR) is 75.4 cm³/mol. The molecule has 0 radical (unpaired) electrons. The Balaban J connectivity index is 3.10. The van der Waals surface area contributed by atoms with E-state index in [-0.39, 0.29) is 6.04 Å². The molecule has 0 amide bonds. The van der Waals surface area contributed by atoms with Crippen molar-refractivity contribution in [2.75, 3.05) is 12.8 Å². The fourth-order valence-corrected chi connectivity index (χ4v) is 2.47. The minimum absolute atomic E-state index is 0.00616. The van der Waals surface area contributed by atoms with Gasteiger partial charge in [0.25, 0.3) is 0 Å². The number of rotatable bonds is 6. The third-order valence-corrected chi connectivity index (χ3v) is 3.82. The highest BCUT2D eigenvalue weighted by atomic mass is 32.2. The van der Waals surface area contributed by atoms with Crippen molar-refractivity contribution in [2.45, 2.75) is 31.2 Å². The van der Waals surface area contributed by atoms with Crippen LogP contribution in [0.25, 0.3) is 0 Å². The predicted octanol–water partition coefficient (Wildman–Crippen LogP) is 2.71. The summed E-state index contributed by atoms with van der Waals surface area (Å²) in [5.74, 6) is 0. The van der Waals surface area contributed by atoms with Crippen LogP contribution in [0.5, 0.6) is 0 Å². The van der Waals surface area contributed by atoms with E-state index in [1.807, 2.05) is 13.0 Å². The van der Waals surface area contributed by atoms with E-state index >= 15 is 0 Å². The first kappa shape index (κ1) is 14.9. The van der Waals surface area contributed by atoms with E-state index in [0.29, 0.717) is 4.90 Å². The van der Waals surface area contributed by atoms with Gasteiger partial charge in [-0.3, -0.25) is 0 Å². The van der Waals surface area contributed by atoms with Crippen LogP contribution >= 0.6 is 0 Å². The zero-order chi connectivity index (χ0) is 13.8. The highest BCUT2D eigenvalue weighted by molar-refractivity contribution is 7.90. The fourth-order valence-electron chi connectivity index (χ4n) is 1.79. The summed E-state index contributed by atoms with van der Waals surface area (Å²) in [6.07, 6.45) is 2.25. The maximum Gasteiger partial charge on any atom is 0.175 e. The molecule has 0 spiro atoms. The van der Waals surface area contributed by atoms with Gasteiger partial charge >= 0.3 is 0 Å². The average Bonchev–Trinajstić information content (AvgIpc) is 2.28. The van der Waals surface area contributed by atoms with Crippen LogP contribution in [0.1, 0.15) is 31.9 Å². The molecule has 100 valence electrons. The molecule has 18 heavy (non-hydrogen) atoms. The van der Waals surface area contributed by atoms with Crippen molar-refractivity contribution < 1.29 is 8.42 Å². The molecule has 0 aromatic heterocycles. The summed E-state index contributed by atoms with van der Waals surface area (Å²) in [6.45, 7) is 8.88. The monoisotopic (exact) mass is 267 g/mol. The molecular weight excluding hydrogens is 246 g/mol. The van der Waals surface area contributed by atoms with Crippen molar-refractivity contribution in [3.63, 3.8) is 0 Å². The number of hydrogen-bond acceptors (Lipinski definition) is 3. The second-order valence-corrected chi connectivity index (χ2v) is 6.59. The Bertz CT molecular complexity index is 520. The van der Waals surface area contributed by atoms with Gasteiger partial charge in [-0.25, -0.2) is 8.42 Å². The summed E-state index contributed by atoms with van der Waals surface area (Å²) < 4.78 is 23.1. The van der Waals surface area contributed by atoms with Gasteiger partial charge < -0.3 is 5.32 Å². The van der Waals surface area contributed by atoms with Gasteiger partial charge in [0.05, 0.1) is 10.9 Å². The lowest BCUT2D eigenvalue weighted by atomic mass is 10.0. The molecule has 0 saturated heterocycles. The van der Waals surface area contributed by atoms with Crippen LogP contribution in [0.4, 0.5) is 0 Å². The Morgan fingerprint density at radius 2 is 2.11 bits per heavy atom. The Kier molecular flexibility index (Phi) is 5.11. The molecule has 0 heterocycles. The molecule has 1 rings (SSSR count). The Hall–Kier alpha value is -1.13. The van der Waals surface area contributed by atoms with E-state index in [9.17, 15) is 8.42 Å².